The molecule has 0 fully saturated rings. The fourth-order valence-electron chi connectivity index (χ4n) is 2.70. The van der Waals surface area contributed by atoms with Crippen molar-refractivity contribution in [3.63, 3.8) is 0 Å². The minimum atomic E-state index is -0.284. The number of para-hydroxylation sites is 2. The number of hydrogen-bond acceptors (Lipinski definition) is 3. The summed E-state index contributed by atoms with van der Waals surface area (Å²) in [5.41, 5.74) is 2.50. The number of rotatable bonds is 7. The third-order valence-corrected chi connectivity index (χ3v) is 4.05. The van der Waals surface area contributed by atoms with E-state index in [0.717, 1.165) is 5.56 Å². The fraction of sp³-hybridized carbons (Fsp3) is 0.0833. The highest BCUT2D eigenvalue weighted by Crippen LogP contribution is 2.24. The second kappa shape index (κ2) is 9.90. The van der Waals surface area contributed by atoms with E-state index < -0.39 is 0 Å². The van der Waals surface area contributed by atoms with Crippen LogP contribution < -0.4 is 15.4 Å². The summed E-state index contributed by atoms with van der Waals surface area (Å²) in [5, 5.41) is 5.62. The number of carbonyl (C=O) groups excluding carboxylic acids is 2. The maximum atomic E-state index is 12.6. The van der Waals surface area contributed by atoms with E-state index in [2.05, 4.69) is 10.6 Å². The van der Waals surface area contributed by atoms with E-state index >= 15 is 0 Å². The molecule has 0 aliphatic carbocycles. The van der Waals surface area contributed by atoms with Gasteiger partial charge in [-0.25, -0.2) is 0 Å². The highest BCUT2D eigenvalue weighted by molar-refractivity contribution is 6.07. The number of amides is 2. The SMILES string of the molecule is CCOc1ccccc1NC(=O)c1cccc(NC(=O)/C=C/c2ccccc2)c1. The van der Waals surface area contributed by atoms with Crippen LogP contribution in [-0.2, 0) is 4.79 Å². The molecule has 0 unspecified atom stereocenters. The molecule has 146 valence electrons. The lowest BCUT2D eigenvalue weighted by Gasteiger charge is -2.11. The molecule has 0 saturated carbocycles. The first kappa shape index (κ1) is 19.9. The number of benzene rings is 3. The van der Waals surface area contributed by atoms with Crippen LogP contribution in [-0.4, -0.2) is 18.4 Å². The maximum absolute atomic E-state index is 12.6. The van der Waals surface area contributed by atoms with E-state index in [1.165, 1.54) is 6.08 Å². The number of anilines is 2. The van der Waals surface area contributed by atoms with Crippen molar-refractivity contribution in [2.75, 3.05) is 17.2 Å². The topological polar surface area (TPSA) is 67.4 Å². The highest BCUT2D eigenvalue weighted by atomic mass is 16.5. The highest BCUT2D eigenvalue weighted by Gasteiger charge is 2.10. The largest absolute Gasteiger partial charge is 0.492 e. The summed E-state index contributed by atoms with van der Waals surface area (Å²) in [5.74, 6) is 0.0556. The van der Waals surface area contributed by atoms with Gasteiger partial charge in [-0.3, -0.25) is 9.59 Å². The van der Waals surface area contributed by atoms with Gasteiger partial charge in [-0.15, -0.1) is 0 Å². The molecule has 0 aromatic heterocycles. The van der Waals surface area contributed by atoms with Gasteiger partial charge >= 0.3 is 0 Å². The van der Waals surface area contributed by atoms with Crippen molar-refractivity contribution in [1.29, 1.82) is 0 Å². The number of nitrogens with one attached hydrogen (secondary N) is 2. The van der Waals surface area contributed by atoms with Crippen molar-refractivity contribution in [2.45, 2.75) is 6.92 Å². The Labute approximate surface area is 170 Å². The fourth-order valence-corrected chi connectivity index (χ4v) is 2.70. The lowest BCUT2D eigenvalue weighted by molar-refractivity contribution is -0.111. The Kier molecular flexibility index (Phi) is 6.79. The van der Waals surface area contributed by atoms with Gasteiger partial charge in [0.25, 0.3) is 5.91 Å². The molecule has 0 aliphatic heterocycles. The minimum absolute atomic E-state index is 0.270. The van der Waals surface area contributed by atoms with Gasteiger partial charge in [0.1, 0.15) is 5.75 Å². The van der Waals surface area contributed by atoms with E-state index in [0.29, 0.717) is 29.3 Å². The van der Waals surface area contributed by atoms with E-state index in [-0.39, 0.29) is 11.8 Å². The van der Waals surface area contributed by atoms with Gasteiger partial charge in [0.05, 0.1) is 12.3 Å². The average molecular weight is 386 g/mol. The monoisotopic (exact) mass is 386 g/mol. The predicted octanol–water partition coefficient (Wildman–Crippen LogP) is 4.99. The molecule has 3 aromatic rings. The van der Waals surface area contributed by atoms with Crippen molar-refractivity contribution in [2.24, 2.45) is 0 Å². The third-order valence-electron chi connectivity index (χ3n) is 4.05. The molecule has 29 heavy (non-hydrogen) atoms. The zero-order valence-electron chi connectivity index (χ0n) is 16.1. The summed E-state index contributed by atoms with van der Waals surface area (Å²) in [6, 6.07) is 23.6. The Hall–Kier alpha value is -3.86. The maximum Gasteiger partial charge on any atom is 0.255 e. The van der Waals surface area contributed by atoms with Crippen molar-refractivity contribution in [1.82, 2.24) is 0 Å². The van der Waals surface area contributed by atoms with Crippen LogP contribution in [0.3, 0.4) is 0 Å². The molecule has 0 bridgehead atoms. The van der Waals surface area contributed by atoms with E-state index in [9.17, 15) is 9.59 Å². The van der Waals surface area contributed by atoms with Crippen molar-refractivity contribution >= 4 is 29.3 Å². The van der Waals surface area contributed by atoms with E-state index in [4.69, 9.17) is 4.74 Å². The Morgan fingerprint density at radius 2 is 1.66 bits per heavy atom. The molecule has 5 nitrogen and oxygen atoms in total. The third kappa shape index (κ3) is 5.81. The molecule has 0 radical (unpaired) electrons. The molecule has 5 heteroatoms. The lowest BCUT2D eigenvalue weighted by atomic mass is 10.1. The summed E-state index contributed by atoms with van der Waals surface area (Å²) in [6.45, 7) is 2.39. The molecule has 0 atom stereocenters. The average Bonchev–Trinajstić information content (AvgIpc) is 2.75. The quantitative estimate of drug-likeness (QED) is 0.562. The summed E-state index contributed by atoms with van der Waals surface area (Å²) in [7, 11) is 0. The number of hydrogen-bond donors (Lipinski definition) is 2. The van der Waals surface area contributed by atoms with Crippen LogP contribution in [0.2, 0.25) is 0 Å². The van der Waals surface area contributed by atoms with Crippen LogP contribution >= 0.6 is 0 Å². The van der Waals surface area contributed by atoms with Gasteiger partial charge < -0.3 is 15.4 Å². The van der Waals surface area contributed by atoms with Gasteiger partial charge in [-0.05, 0) is 48.9 Å². The molecule has 2 amide bonds. The predicted molar refractivity (Wildman–Crippen MR) is 116 cm³/mol. The normalized spacial score (nSPS) is 10.5. The Morgan fingerprint density at radius 3 is 2.45 bits per heavy atom. The number of ether oxygens (including phenoxy) is 1. The molecule has 0 spiro atoms. The van der Waals surface area contributed by atoms with Crippen LogP contribution in [0.4, 0.5) is 11.4 Å². The summed E-state index contributed by atoms with van der Waals surface area (Å²) in [6.07, 6.45) is 3.19. The molecule has 3 aromatic carbocycles. The van der Waals surface area contributed by atoms with Crippen molar-refractivity contribution < 1.29 is 14.3 Å². The first-order valence-electron chi connectivity index (χ1n) is 9.33. The van der Waals surface area contributed by atoms with E-state index in [1.807, 2.05) is 49.4 Å². The van der Waals surface area contributed by atoms with E-state index in [1.54, 1.807) is 42.5 Å². The molecular formula is C24H22N2O3. The first-order valence-corrected chi connectivity index (χ1v) is 9.33. The number of carbonyl (C=O) groups is 2. The Morgan fingerprint density at radius 1 is 0.897 bits per heavy atom. The van der Waals surface area contributed by atoms with Gasteiger partial charge in [-0.1, -0.05) is 48.5 Å². The van der Waals surface area contributed by atoms with Gasteiger partial charge in [0, 0.05) is 17.3 Å². The summed E-state index contributed by atoms with van der Waals surface area (Å²) in [4.78, 5) is 24.8. The zero-order chi connectivity index (χ0) is 20.5. The molecular weight excluding hydrogens is 364 g/mol. The Balaban J connectivity index is 1.67. The molecule has 2 N–H and O–H groups in total. The van der Waals surface area contributed by atoms with Gasteiger partial charge in [-0.2, -0.15) is 0 Å². The molecule has 0 saturated heterocycles. The summed E-state index contributed by atoms with van der Waals surface area (Å²) < 4.78 is 5.53. The van der Waals surface area contributed by atoms with Gasteiger partial charge in [0.2, 0.25) is 5.91 Å². The van der Waals surface area contributed by atoms with Crippen LogP contribution in [0.5, 0.6) is 5.75 Å². The summed E-state index contributed by atoms with van der Waals surface area (Å²) >= 11 is 0. The molecule has 0 aliphatic rings. The van der Waals surface area contributed by atoms with Crippen molar-refractivity contribution in [3.8, 4) is 5.75 Å². The van der Waals surface area contributed by atoms with Crippen LogP contribution in [0.25, 0.3) is 6.08 Å². The van der Waals surface area contributed by atoms with Crippen LogP contribution in [0.15, 0.2) is 84.9 Å². The van der Waals surface area contributed by atoms with Crippen LogP contribution in [0, 0.1) is 0 Å². The smallest absolute Gasteiger partial charge is 0.255 e. The van der Waals surface area contributed by atoms with Gasteiger partial charge in [0.15, 0.2) is 0 Å². The standard InChI is InChI=1S/C24H22N2O3/c1-2-29-22-14-7-6-13-21(22)26-24(28)19-11-8-12-20(17-19)25-23(27)16-15-18-9-4-3-5-10-18/h3-17H,2H2,1H3,(H,25,27)(H,26,28)/b16-15+. The Bertz CT molecular complexity index is 1010. The van der Waals surface area contributed by atoms with Crippen LogP contribution in [0.1, 0.15) is 22.8 Å². The first-order chi connectivity index (χ1) is 14.2. The molecule has 0 heterocycles. The second-order valence-corrected chi connectivity index (χ2v) is 6.20. The molecule has 3 rings (SSSR count). The second-order valence-electron chi connectivity index (χ2n) is 6.20. The van der Waals surface area contributed by atoms with Crippen molar-refractivity contribution in [3.05, 3.63) is 96.1 Å². The minimum Gasteiger partial charge on any atom is -0.492 e. The zero-order valence-corrected chi connectivity index (χ0v) is 16.1. The lowest BCUT2D eigenvalue weighted by Crippen LogP contribution is -2.14.